The third-order valence-corrected chi connectivity index (χ3v) is 4.21. The van der Waals surface area contributed by atoms with Crippen LogP contribution in [0.15, 0.2) is 18.2 Å². The fraction of sp³-hybridized carbons (Fsp3) is 0.500. The molecule has 0 radical (unpaired) electrons. The van der Waals surface area contributed by atoms with Crippen LogP contribution in [0, 0.1) is 26.9 Å². The van der Waals surface area contributed by atoms with E-state index in [1.807, 2.05) is 0 Å². The first-order valence-electron chi connectivity index (χ1n) is 6.41. The van der Waals surface area contributed by atoms with Crippen LogP contribution in [0.1, 0.15) is 37.7 Å². The van der Waals surface area contributed by atoms with E-state index < -0.39 is 10.3 Å². The molecule has 0 saturated heterocycles. The van der Waals surface area contributed by atoms with Crippen molar-refractivity contribution in [2.45, 2.75) is 38.5 Å². The minimum absolute atomic E-state index is 0.0210. The van der Waals surface area contributed by atoms with Gasteiger partial charge in [0.2, 0.25) is 0 Å². The monoisotopic (exact) mass is 278 g/mol. The third-order valence-electron chi connectivity index (χ3n) is 3.85. The summed E-state index contributed by atoms with van der Waals surface area (Å²) in [4.78, 5) is 10.7. The topological polar surface area (TPSA) is 66.9 Å². The van der Waals surface area contributed by atoms with Gasteiger partial charge in [0.25, 0.3) is 5.69 Å². The van der Waals surface area contributed by atoms with Crippen LogP contribution in [0.2, 0.25) is 5.02 Å². The van der Waals surface area contributed by atoms with E-state index in [0.717, 1.165) is 32.1 Å². The zero-order valence-electron chi connectivity index (χ0n) is 10.6. The molecule has 4 nitrogen and oxygen atoms in total. The van der Waals surface area contributed by atoms with Crippen molar-refractivity contribution in [1.29, 1.82) is 5.26 Å². The van der Waals surface area contributed by atoms with E-state index in [9.17, 15) is 15.4 Å². The molecule has 0 atom stereocenters. The Labute approximate surface area is 117 Å². The molecule has 0 bridgehead atoms. The fourth-order valence-corrected chi connectivity index (χ4v) is 3.02. The minimum atomic E-state index is -0.492. The second-order valence-electron chi connectivity index (χ2n) is 5.12. The van der Waals surface area contributed by atoms with Crippen LogP contribution in [0.4, 0.5) is 5.69 Å². The summed E-state index contributed by atoms with van der Waals surface area (Å²) in [7, 11) is 0. The van der Waals surface area contributed by atoms with E-state index in [4.69, 9.17) is 11.6 Å². The first-order valence-corrected chi connectivity index (χ1v) is 6.79. The second kappa shape index (κ2) is 5.58. The van der Waals surface area contributed by atoms with Crippen LogP contribution in [0.25, 0.3) is 0 Å². The fourth-order valence-electron chi connectivity index (χ4n) is 2.79. The summed E-state index contributed by atoms with van der Waals surface area (Å²) in [5.41, 5.74) is 0.0268. The van der Waals surface area contributed by atoms with Crippen molar-refractivity contribution in [3.63, 3.8) is 0 Å². The van der Waals surface area contributed by atoms with Crippen LogP contribution in [-0.4, -0.2) is 4.92 Å². The van der Waals surface area contributed by atoms with Crippen molar-refractivity contribution in [3.05, 3.63) is 38.9 Å². The number of nitriles is 1. The van der Waals surface area contributed by atoms with Gasteiger partial charge in [0, 0.05) is 11.6 Å². The Hall–Kier alpha value is -1.60. The first-order chi connectivity index (χ1) is 9.08. The van der Waals surface area contributed by atoms with Gasteiger partial charge in [-0.2, -0.15) is 5.26 Å². The summed E-state index contributed by atoms with van der Waals surface area (Å²) in [6.45, 7) is 0. The van der Waals surface area contributed by atoms with Crippen molar-refractivity contribution in [2.24, 2.45) is 5.41 Å². The Morgan fingerprint density at radius 3 is 2.63 bits per heavy atom. The van der Waals surface area contributed by atoms with E-state index in [2.05, 4.69) is 6.07 Å². The summed E-state index contributed by atoms with van der Waals surface area (Å²) in [6.07, 6.45) is 5.11. The molecule has 0 aromatic heterocycles. The maximum atomic E-state index is 11.1. The number of nitrogens with zero attached hydrogens (tertiary/aromatic N) is 2. The van der Waals surface area contributed by atoms with Gasteiger partial charge in [-0.05, 0) is 25.3 Å². The predicted molar refractivity (Wildman–Crippen MR) is 72.9 cm³/mol. The van der Waals surface area contributed by atoms with E-state index in [1.54, 1.807) is 12.1 Å². The molecule has 1 aromatic rings. The molecule has 1 aliphatic rings. The largest absolute Gasteiger partial charge is 0.274 e. The highest BCUT2D eigenvalue weighted by molar-refractivity contribution is 6.31. The normalized spacial score (nSPS) is 17.7. The van der Waals surface area contributed by atoms with Crippen molar-refractivity contribution in [1.82, 2.24) is 0 Å². The summed E-state index contributed by atoms with van der Waals surface area (Å²) < 4.78 is 0. The number of rotatable bonds is 3. The quantitative estimate of drug-likeness (QED) is 0.612. The summed E-state index contributed by atoms with van der Waals surface area (Å²) in [5.74, 6) is 0. The van der Waals surface area contributed by atoms with Gasteiger partial charge in [-0.25, -0.2) is 0 Å². The van der Waals surface area contributed by atoms with Crippen molar-refractivity contribution >= 4 is 17.3 Å². The molecule has 100 valence electrons. The molecule has 0 spiro atoms. The molecule has 0 heterocycles. The third kappa shape index (κ3) is 2.87. The standard InChI is InChI=1S/C14H15ClN2O2/c15-12-5-4-6-13(17(18)19)11(12)9-14(10-16)7-2-1-3-8-14/h4-6H,1-3,7-9H2. The van der Waals surface area contributed by atoms with E-state index >= 15 is 0 Å². The predicted octanol–water partition coefficient (Wildman–Crippen LogP) is 4.26. The van der Waals surface area contributed by atoms with Gasteiger partial charge in [-0.15, -0.1) is 0 Å². The lowest BCUT2D eigenvalue weighted by molar-refractivity contribution is -0.385. The van der Waals surface area contributed by atoms with Crippen LogP contribution < -0.4 is 0 Å². The molecule has 0 amide bonds. The van der Waals surface area contributed by atoms with Gasteiger partial charge >= 0.3 is 0 Å². The molecule has 19 heavy (non-hydrogen) atoms. The SMILES string of the molecule is N#CC1(Cc2c(Cl)cccc2[N+](=O)[O-])CCCCC1. The lowest BCUT2D eigenvalue weighted by atomic mass is 9.71. The average Bonchev–Trinajstić information content (AvgIpc) is 2.42. The Bertz CT molecular complexity index is 531. The van der Waals surface area contributed by atoms with Gasteiger partial charge in [0.15, 0.2) is 0 Å². The number of nitro benzene ring substituents is 1. The van der Waals surface area contributed by atoms with Crippen LogP contribution in [-0.2, 0) is 6.42 Å². The number of hydrogen-bond donors (Lipinski definition) is 0. The molecule has 1 saturated carbocycles. The van der Waals surface area contributed by atoms with Gasteiger partial charge in [-0.1, -0.05) is 36.9 Å². The molecule has 2 rings (SSSR count). The highest BCUT2D eigenvalue weighted by Gasteiger charge is 2.35. The molecule has 0 aliphatic heterocycles. The lowest BCUT2D eigenvalue weighted by Gasteiger charge is -2.30. The van der Waals surface area contributed by atoms with Crippen LogP contribution in [0.5, 0.6) is 0 Å². The van der Waals surface area contributed by atoms with Crippen molar-refractivity contribution in [3.8, 4) is 6.07 Å². The zero-order valence-corrected chi connectivity index (χ0v) is 11.3. The molecule has 1 aromatic carbocycles. The van der Waals surface area contributed by atoms with Crippen LogP contribution >= 0.6 is 11.6 Å². The first kappa shape index (κ1) is 13.8. The van der Waals surface area contributed by atoms with Crippen molar-refractivity contribution in [2.75, 3.05) is 0 Å². The maximum absolute atomic E-state index is 11.1. The van der Waals surface area contributed by atoms with Gasteiger partial charge in [0.1, 0.15) is 0 Å². The number of benzene rings is 1. The van der Waals surface area contributed by atoms with Gasteiger partial charge in [0.05, 0.1) is 21.4 Å². The van der Waals surface area contributed by atoms with E-state index in [0.29, 0.717) is 17.0 Å². The number of halogens is 1. The zero-order chi connectivity index (χ0) is 13.9. The minimum Gasteiger partial charge on any atom is -0.258 e. The molecule has 1 aliphatic carbocycles. The summed E-state index contributed by atoms with van der Waals surface area (Å²) in [5, 5.41) is 20.9. The molecule has 0 N–H and O–H groups in total. The van der Waals surface area contributed by atoms with Gasteiger partial charge in [-0.3, -0.25) is 10.1 Å². The molecular weight excluding hydrogens is 264 g/mol. The number of nitro groups is 1. The van der Waals surface area contributed by atoms with Gasteiger partial charge < -0.3 is 0 Å². The maximum Gasteiger partial charge on any atom is 0.274 e. The molecule has 1 fully saturated rings. The Morgan fingerprint density at radius 1 is 1.37 bits per heavy atom. The highest BCUT2D eigenvalue weighted by Crippen LogP contribution is 2.41. The molecule has 0 unspecified atom stereocenters. The Kier molecular flexibility index (Phi) is 4.06. The number of hydrogen-bond acceptors (Lipinski definition) is 3. The summed E-state index contributed by atoms with van der Waals surface area (Å²) >= 11 is 6.10. The Balaban J connectivity index is 2.37. The Morgan fingerprint density at radius 2 is 2.05 bits per heavy atom. The molecule has 5 heteroatoms. The molecular formula is C14H15ClN2O2. The highest BCUT2D eigenvalue weighted by atomic mass is 35.5. The van der Waals surface area contributed by atoms with E-state index in [1.165, 1.54) is 6.07 Å². The van der Waals surface area contributed by atoms with E-state index in [-0.39, 0.29) is 5.69 Å². The summed E-state index contributed by atoms with van der Waals surface area (Å²) in [6, 6.07) is 7.06. The van der Waals surface area contributed by atoms with Crippen LogP contribution in [0.3, 0.4) is 0 Å². The lowest BCUT2D eigenvalue weighted by Crippen LogP contribution is -2.25. The smallest absolute Gasteiger partial charge is 0.258 e. The van der Waals surface area contributed by atoms with Crippen molar-refractivity contribution < 1.29 is 4.92 Å². The average molecular weight is 279 g/mol. The second-order valence-corrected chi connectivity index (χ2v) is 5.53.